The summed E-state index contributed by atoms with van der Waals surface area (Å²) in [6.07, 6.45) is 12.2. The molecule has 0 fully saturated rings. The topological polar surface area (TPSA) is 59.2 Å². The summed E-state index contributed by atoms with van der Waals surface area (Å²) in [6.45, 7) is 3.48. The normalized spacial score (nSPS) is 10.7. The zero-order valence-corrected chi connectivity index (χ0v) is 13.8. The third kappa shape index (κ3) is 5.85. The predicted octanol–water partition coefficient (Wildman–Crippen LogP) is 4.07. The highest BCUT2D eigenvalue weighted by molar-refractivity contribution is 5.91. The number of hydrogen-bond acceptors (Lipinski definition) is 4. The van der Waals surface area contributed by atoms with E-state index in [1.165, 1.54) is 31.9 Å². The van der Waals surface area contributed by atoms with E-state index in [2.05, 4.69) is 17.1 Å². The van der Waals surface area contributed by atoms with Crippen molar-refractivity contribution in [3.8, 4) is 0 Å². The largest absolute Gasteiger partial charge is 0.351 e. The van der Waals surface area contributed by atoms with Gasteiger partial charge in [-0.2, -0.15) is 0 Å². The van der Waals surface area contributed by atoms with Crippen molar-refractivity contribution in [2.75, 3.05) is 6.54 Å². The molecule has 0 aliphatic rings. The molecule has 0 unspecified atom stereocenters. The molecule has 0 spiro atoms. The fourth-order valence-corrected chi connectivity index (χ4v) is 2.53. The standard InChI is InChI=1S/C18H25N3O2/c1-2-3-4-5-6-7-13-21(15-16-9-8-11-19-14-16)18(22)17-10-12-20-23-17/h8-12,14H,2-7,13,15H2,1H3. The van der Waals surface area contributed by atoms with E-state index in [1.807, 2.05) is 17.0 Å². The van der Waals surface area contributed by atoms with E-state index in [9.17, 15) is 4.79 Å². The lowest BCUT2D eigenvalue weighted by Crippen LogP contribution is -2.31. The van der Waals surface area contributed by atoms with Crippen molar-refractivity contribution in [1.29, 1.82) is 0 Å². The molecule has 0 saturated carbocycles. The summed E-state index contributed by atoms with van der Waals surface area (Å²) >= 11 is 0. The Morgan fingerprint density at radius 1 is 1.13 bits per heavy atom. The van der Waals surface area contributed by atoms with Crippen LogP contribution in [0.5, 0.6) is 0 Å². The molecule has 0 radical (unpaired) electrons. The fourth-order valence-electron chi connectivity index (χ4n) is 2.53. The minimum absolute atomic E-state index is 0.111. The van der Waals surface area contributed by atoms with Crippen molar-refractivity contribution < 1.29 is 9.32 Å². The van der Waals surface area contributed by atoms with Gasteiger partial charge in [-0.05, 0) is 18.1 Å². The molecule has 0 saturated heterocycles. The van der Waals surface area contributed by atoms with E-state index in [0.29, 0.717) is 12.3 Å². The average molecular weight is 315 g/mol. The lowest BCUT2D eigenvalue weighted by molar-refractivity contribution is 0.0697. The molecule has 0 aliphatic carbocycles. The molecule has 2 rings (SSSR count). The first-order chi connectivity index (χ1) is 11.3. The highest BCUT2D eigenvalue weighted by Gasteiger charge is 2.19. The number of unbranched alkanes of at least 4 members (excludes halogenated alkanes) is 5. The second-order valence-corrected chi connectivity index (χ2v) is 5.73. The van der Waals surface area contributed by atoms with Crippen LogP contribution in [0.2, 0.25) is 0 Å². The first-order valence-corrected chi connectivity index (χ1v) is 8.40. The molecule has 2 aromatic rings. The minimum Gasteiger partial charge on any atom is -0.351 e. The summed E-state index contributed by atoms with van der Waals surface area (Å²) in [6, 6.07) is 5.48. The summed E-state index contributed by atoms with van der Waals surface area (Å²) in [5.41, 5.74) is 1.02. The van der Waals surface area contributed by atoms with Gasteiger partial charge in [0, 0.05) is 31.5 Å². The first kappa shape index (κ1) is 17.2. The van der Waals surface area contributed by atoms with Crippen LogP contribution in [-0.4, -0.2) is 27.5 Å². The number of nitrogens with zero attached hydrogens (tertiary/aromatic N) is 3. The molecule has 1 amide bonds. The molecule has 5 nitrogen and oxygen atoms in total. The van der Waals surface area contributed by atoms with Crippen LogP contribution in [0.1, 0.15) is 61.6 Å². The van der Waals surface area contributed by atoms with E-state index in [1.54, 1.807) is 18.5 Å². The number of carbonyl (C=O) groups excluding carboxylic acids is 1. The van der Waals surface area contributed by atoms with Gasteiger partial charge in [0.15, 0.2) is 0 Å². The van der Waals surface area contributed by atoms with Crippen molar-refractivity contribution in [2.45, 2.75) is 52.0 Å². The smallest absolute Gasteiger partial charge is 0.292 e. The molecule has 0 N–H and O–H groups in total. The van der Waals surface area contributed by atoms with Crippen molar-refractivity contribution in [3.05, 3.63) is 48.1 Å². The fraction of sp³-hybridized carbons (Fsp3) is 0.500. The third-order valence-corrected chi connectivity index (χ3v) is 3.81. The van der Waals surface area contributed by atoms with Crippen molar-refractivity contribution in [2.24, 2.45) is 0 Å². The Morgan fingerprint density at radius 3 is 2.65 bits per heavy atom. The van der Waals surface area contributed by atoms with E-state index in [4.69, 9.17) is 4.52 Å². The lowest BCUT2D eigenvalue weighted by atomic mass is 10.1. The highest BCUT2D eigenvalue weighted by atomic mass is 16.5. The number of amides is 1. The van der Waals surface area contributed by atoms with Gasteiger partial charge in [-0.15, -0.1) is 0 Å². The quantitative estimate of drug-likeness (QED) is 0.620. The summed E-state index contributed by atoms with van der Waals surface area (Å²) < 4.78 is 5.02. The van der Waals surface area contributed by atoms with Crippen molar-refractivity contribution in [3.63, 3.8) is 0 Å². The van der Waals surface area contributed by atoms with Gasteiger partial charge in [0.1, 0.15) is 0 Å². The Morgan fingerprint density at radius 2 is 1.96 bits per heavy atom. The molecule has 5 heteroatoms. The van der Waals surface area contributed by atoms with Gasteiger partial charge >= 0.3 is 0 Å². The average Bonchev–Trinajstić information content (AvgIpc) is 3.12. The van der Waals surface area contributed by atoms with Crippen LogP contribution in [0.4, 0.5) is 0 Å². The predicted molar refractivity (Wildman–Crippen MR) is 88.9 cm³/mol. The first-order valence-electron chi connectivity index (χ1n) is 8.40. The number of hydrogen-bond donors (Lipinski definition) is 0. The van der Waals surface area contributed by atoms with Gasteiger partial charge in [-0.1, -0.05) is 50.3 Å². The Balaban J connectivity index is 1.90. The maximum Gasteiger partial charge on any atom is 0.292 e. The number of carbonyl (C=O) groups is 1. The Bertz CT molecular complexity index is 555. The SMILES string of the molecule is CCCCCCCCN(Cc1cccnc1)C(=O)c1ccno1. The zero-order valence-electron chi connectivity index (χ0n) is 13.8. The summed E-state index contributed by atoms with van der Waals surface area (Å²) in [4.78, 5) is 18.5. The van der Waals surface area contributed by atoms with Gasteiger partial charge in [-0.25, -0.2) is 0 Å². The van der Waals surface area contributed by atoms with Crippen LogP contribution in [0.25, 0.3) is 0 Å². The molecule has 2 heterocycles. The van der Waals surface area contributed by atoms with Gasteiger partial charge in [0.05, 0.1) is 6.20 Å². The minimum atomic E-state index is -0.111. The number of rotatable bonds is 10. The maximum absolute atomic E-state index is 12.5. The maximum atomic E-state index is 12.5. The van der Waals surface area contributed by atoms with Crippen LogP contribution in [0.3, 0.4) is 0 Å². The molecular weight excluding hydrogens is 290 g/mol. The summed E-state index contributed by atoms with van der Waals surface area (Å²) in [5.74, 6) is 0.180. The van der Waals surface area contributed by atoms with Gasteiger partial charge in [0.2, 0.25) is 5.76 Å². The van der Waals surface area contributed by atoms with E-state index >= 15 is 0 Å². The van der Waals surface area contributed by atoms with Crippen LogP contribution in [-0.2, 0) is 6.54 Å². The van der Waals surface area contributed by atoms with Gasteiger partial charge in [-0.3, -0.25) is 9.78 Å². The molecule has 2 aromatic heterocycles. The Hall–Kier alpha value is -2.17. The van der Waals surface area contributed by atoms with E-state index in [-0.39, 0.29) is 5.91 Å². The molecule has 0 aromatic carbocycles. The monoisotopic (exact) mass is 315 g/mol. The summed E-state index contributed by atoms with van der Waals surface area (Å²) in [7, 11) is 0. The van der Waals surface area contributed by atoms with E-state index < -0.39 is 0 Å². The molecular formula is C18H25N3O2. The second-order valence-electron chi connectivity index (χ2n) is 5.73. The lowest BCUT2D eigenvalue weighted by Gasteiger charge is -2.21. The van der Waals surface area contributed by atoms with E-state index in [0.717, 1.165) is 24.9 Å². The highest BCUT2D eigenvalue weighted by Crippen LogP contribution is 2.12. The third-order valence-electron chi connectivity index (χ3n) is 3.81. The molecule has 0 atom stereocenters. The molecule has 124 valence electrons. The van der Waals surface area contributed by atoms with Crippen LogP contribution < -0.4 is 0 Å². The van der Waals surface area contributed by atoms with Gasteiger partial charge in [0.25, 0.3) is 5.91 Å². The van der Waals surface area contributed by atoms with Crippen LogP contribution in [0, 0.1) is 0 Å². The Kier molecular flexibility index (Phi) is 7.30. The van der Waals surface area contributed by atoms with Crippen molar-refractivity contribution >= 4 is 5.91 Å². The summed E-state index contributed by atoms with van der Waals surface area (Å²) in [5, 5.41) is 3.63. The second kappa shape index (κ2) is 9.77. The zero-order chi connectivity index (χ0) is 16.3. The molecule has 23 heavy (non-hydrogen) atoms. The number of aromatic nitrogens is 2. The van der Waals surface area contributed by atoms with Gasteiger partial charge < -0.3 is 9.42 Å². The van der Waals surface area contributed by atoms with Crippen LogP contribution in [0.15, 0.2) is 41.3 Å². The number of pyridine rings is 1. The molecule has 0 bridgehead atoms. The Labute approximate surface area is 137 Å². The molecule has 0 aliphatic heterocycles. The van der Waals surface area contributed by atoms with Crippen molar-refractivity contribution in [1.82, 2.24) is 15.0 Å². The van der Waals surface area contributed by atoms with Crippen LogP contribution >= 0.6 is 0 Å².